The summed E-state index contributed by atoms with van der Waals surface area (Å²) in [5.41, 5.74) is 4.39. The van der Waals surface area contributed by atoms with Crippen LogP contribution in [-0.2, 0) is 9.59 Å². The highest BCUT2D eigenvalue weighted by Gasteiger charge is 2.44. The van der Waals surface area contributed by atoms with Gasteiger partial charge in [0, 0.05) is 31.8 Å². The first kappa shape index (κ1) is 19.7. The molecule has 7 nitrogen and oxygen atoms in total. The molecule has 1 aliphatic carbocycles. The van der Waals surface area contributed by atoms with Gasteiger partial charge in [0.25, 0.3) is 0 Å². The molecule has 160 valence electrons. The molecule has 0 unspecified atom stereocenters. The summed E-state index contributed by atoms with van der Waals surface area (Å²) >= 11 is 0. The molecule has 2 atom stereocenters. The summed E-state index contributed by atoms with van der Waals surface area (Å²) < 4.78 is 6.30. The Hall–Kier alpha value is -3.22. The number of ketones is 1. The molecule has 2 amide bonds. The average molecular weight is 419 g/mol. The Morgan fingerprint density at radius 1 is 1.19 bits per heavy atom. The van der Waals surface area contributed by atoms with Gasteiger partial charge in [-0.05, 0) is 19.1 Å². The number of rotatable bonds is 2. The Bertz CT molecular complexity index is 1050. The number of benzene rings is 1. The number of carbonyl (C=O) groups is 3. The van der Waals surface area contributed by atoms with Crippen molar-refractivity contribution in [1.29, 1.82) is 0 Å². The molecule has 1 fully saturated rings. The predicted octanol–water partition coefficient (Wildman–Crippen LogP) is 2.56. The van der Waals surface area contributed by atoms with Gasteiger partial charge in [0.1, 0.15) is 11.4 Å². The van der Waals surface area contributed by atoms with E-state index in [0.29, 0.717) is 49.4 Å². The van der Waals surface area contributed by atoms with E-state index in [9.17, 15) is 14.4 Å². The third kappa shape index (κ3) is 3.58. The summed E-state index contributed by atoms with van der Waals surface area (Å²) in [5.74, 6) is 0.136. The van der Waals surface area contributed by atoms with Gasteiger partial charge < -0.3 is 9.64 Å². The topological polar surface area (TPSA) is 88.1 Å². The summed E-state index contributed by atoms with van der Waals surface area (Å²) in [4.78, 5) is 39.5. The molecule has 1 aromatic carbocycles. The fourth-order valence-electron chi connectivity index (χ4n) is 4.93. The largest absolute Gasteiger partial charge is 0.486 e. The average Bonchev–Trinajstić information content (AvgIpc) is 2.77. The summed E-state index contributed by atoms with van der Waals surface area (Å²) in [5, 5.41) is 4.17. The molecule has 1 aromatic rings. The minimum Gasteiger partial charge on any atom is -0.486 e. The minimum atomic E-state index is -0.533. The minimum absolute atomic E-state index is 0.00962. The standard InChI is InChI=1S/C24H25N3O4/c1-15-6-7-21-18(12-15)20(28)14-24(31-21)8-10-27(11-9-24)22(29)13-19-16-4-2-3-5-17(16)23(30)26-25-19/h2-7,12,16-17H,8-11,13-14H2,1H3,(H,26,30)/t16-,17-/m0/s1. The lowest BCUT2D eigenvalue weighted by molar-refractivity contribution is -0.133. The number of nitrogens with zero attached hydrogens (tertiary/aromatic N) is 2. The number of fused-ring (bicyclic) bond motifs is 2. The third-order valence-corrected chi connectivity index (χ3v) is 6.74. The Morgan fingerprint density at radius 3 is 2.71 bits per heavy atom. The van der Waals surface area contributed by atoms with E-state index in [2.05, 4.69) is 10.5 Å². The Labute approximate surface area is 180 Å². The zero-order valence-electron chi connectivity index (χ0n) is 17.5. The lowest BCUT2D eigenvalue weighted by Crippen LogP contribution is -2.52. The van der Waals surface area contributed by atoms with Crippen LogP contribution in [0.2, 0.25) is 0 Å². The summed E-state index contributed by atoms with van der Waals surface area (Å²) in [6, 6.07) is 5.71. The molecule has 0 saturated carbocycles. The van der Waals surface area contributed by atoms with Crippen molar-refractivity contribution in [3.8, 4) is 5.75 Å². The Morgan fingerprint density at radius 2 is 1.94 bits per heavy atom. The molecule has 4 aliphatic rings. The van der Waals surface area contributed by atoms with Crippen molar-refractivity contribution in [2.45, 2.75) is 38.2 Å². The molecule has 3 aliphatic heterocycles. The fraction of sp³-hybridized carbons (Fsp3) is 0.417. The Balaban J connectivity index is 1.24. The molecule has 0 bridgehead atoms. The first-order valence-electron chi connectivity index (χ1n) is 10.8. The van der Waals surface area contributed by atoms with Crippen molar-refractivity contribution in [3.05, 3.63) is 53.6 Å². The van der Waals surface area contributed by atoms with E-state index in [1.807, 2.05) is 54.3 Å². The van der Waals surface area contributed by atoms with Crippen LogP contribution < -0.4 is 10.2 Å². The molecule has 0 radical (unpaired) electrons. The highest BCUT2D eigenvalue weighted by Crippen LogP contribution is 2.39. The van der Waals surface area contributed by atoms with Crippen LogP contribution in [0.3, 0.4) is 0 Å². The van der Waals surface area contributed by atoms with Crippen LogP contribution in [0, 0.1) is 18.8 Å². The first-order chi connectivity index (χ1) is 14.9. The smallest absolute Gasteiger partial charge is 0.247 e. The van der Waals surface area contributed by atoms with Gasteiger partial charge in [-0.2, -0.15) is 5.10 Å². The lowest BCUT2D eigenvalue weighted by Gasteiger charge is -2.44. The molecule has 5 rings (SSSR count). The van der Waals surface area contributed by atoms with E-state index in [-0.39, 0.29) is 35.9 Å². The molecular formula is C24H25N3O4. The van der Waals surface area contributed by atoms with Crippen LogP contribution in [0.4, 0.5) is 0 Å². The van der Waals surface area contributed by atoms with Crippen LogP contribution in [0.15, 0.2) is 47.6 Å². The number of nitrogens with one attached hydrogen (secondary N) is 1. The summed E-state index contributed by atoms with van der Waals surface area (Å²) in [6.07, 6.45) is 9.29. The van der Waals surface area contributed by atoms with E-state index < -0.39 is 5.60 Å². The number of likely N-dealkylation sites (tertiary alicyclic amines) is 1. The van der Waals surface area contributed by atoms with Gasteiger partial charge >= 0.3 is 0 Å². The van der Waals surface area contributed by atoms with Crippen LogP contribution >= 0.6 is 0 Å². The van der Waals surface area contributed by atoms with Crippen molar-refractivity contribution in [2.75, 3.05) is 13.1 Å². The van der Waals surface area contributed by atoms with E-state index >= 15 is 0 Å². The van der Waals surface area contributed by atoms with Gasteiger partial charge in [-0.15, -0.1) is 0 Å². The molecular weight excluding hydrogens is 394 g/mol. The van der Waals surface area contributed by atoms with Crippen LogP contribution in [0.25, 0.3) is 0 Å². The molecule has 1 spiro atoms. The molecule has 31 heavy (non-hydrogen) atoms. The van der Waals surface area contributed by atoms with E-state index in [1.54, 1.807) is 0 Å². The maximum Gasteiger partial charge on any atom is 0.247 e. The van der Waals surface area contributed by atoms with Crippen LogP contribution in [0.5, 0.6) is 5.75 Å². The van der Waals surface area contributed by atoms with E-state index in [0.717, 1.165) is 5.56 Å². The van der Waals surface area contributed by atoms with Gasteiger partial charge in [-0.25, -0.2) is 5.43 Å². The fourth-order valence-corrected chi connectivity index (χ4v) is 4.93. The van der Waals surface area contributed by atoms with Gasteiger partial charge in [0.2, 0.25) is 11.8 Å². The zero-order chi connectivity index (χ0) is 21.6. The maximum atomic E-state index is 13.0. The second-order valence-corrected chi connectivity index (χ2v) is 8.84. The monoisotopic (exact) mass is 419 g/mol. The van der Waals surface area contributed by atoms with Crippen molar-refractivity contribution < 1.29 is 19.1 Å². The van der Waals surface area contributed by atoms with Gasteiger partial charge in [-0.1, -0.05) is 35.9 Å². The number of carbonyl (C=O) groups excluding carboxylic acids is 3. The number of Topliss-reactive ketones (excluding diaryl/α,β-unsaturated/α-hetero) is 1. The second kappa shape index (κ2) is 7.48. The Kier molecular flexibility index (Phi) is 4.76. The summed E-state index contributed by atoms with van der Waals surface area (Å²) in [7, 11) is 0. The number of hydrogen-bond donors (Lipinski definition) is 1. The number of hydrogen-bond acceptors (Lipinski definition) is 5. The maximum absolute atomic E-state index is 13.0. The molecule has 1 saturated heterocycles. The molecule has 7 heteroatoms. The van der Waals surface area contributed by atoms with Crippen molar-refractivity contribution in [2.24, 2.45) is 16.9 Å². The van der Waals surface area contributed by atoms with Crippen molar-refractivity contribution in [1.82, 2.24) is 10.3 Å². The van der Waals surface area contributed by atoms with E-state index in [1.165, 1.54) is 0 Å². The highest BCUT2D eigenvalue weighted by molar-refractivity contribution is 6.07. The van der Waals surface area contributed by atoms with Crippen molar-refractivity contribution >= 4 is 23.3 Å². The SMILES string of the molecule is Cc1ccc2c(c1)C(=O)CC1(CCN(C(=O)CC3=NNC(=O)[C@H]4C=CC=C[C@H]34)CC1)O2. The first-order valence-corrected chi connectivity index (χ1v) is 10.8. The summed E-state index contributed by atoms with van der Waals surface area (Å²) in [6.45, 7) is 3.04. The number of amides is 2. The number of ether oxygens (including phenoxy) is 1. The number of allylic oxidation sites excluding steroid dienone is 3. The lowest BCUT2D eigenvalue weighted by atomic mass is 9.81. The van der Waals surface area contributed by atoms with Gasteiger partial charge in [0.15, 0.2) is 5.78 Å². The quantitative estimate of drug-likeness (QED) is 0.798. The van der Waals surface area contributed by atoms with Crippen molar-refractivity contribution in [3.63, 3.8) is 0 Å². The van der Waals surface area contributed by atoms with Gasteiger partial charge in [-0.3, -0.25) is 14.4 Å². The normalized spacial score (nSPS) is 26.0. The van der Waals surface area contributed by atoms with E-state index in [4.69, 9.17) is 4.74 Å². The predicted molar refractivity (Wildman–Crippen MR) is 115 cm³/mol. The molecule has 0 aromatic heterocycles. The molecule has 1 N–H and O–H groups in total. The van der Waals surface area contributed by atoms with Crippen LogP contribution in [-0.4, -0.2) is 46.9 Å². The highest BCUT2D eigenvalue weighted by atomic mass is 16.5. The number of aryl methyl sites for hydroxylation is 1. The number of piperidine rings is 1. The number of hydrazone groups is 1. The van der Waals surface area contributed by atoms with Gasteiger partial charge in [0.05, 0.1) is 30.0 Å². The van der Waals surface area contributed by atoms with Crippen LogP contribution in [0.1, 0.15) is 41.6 Å². The second-order valence-electron chi connectivity index (χ2n) is 8.84. The third-order valence-electron chi connectivity index (χ3n) is 6.74. The zero-order valence-corrected chi connectivity index (χ0v) is 17.5. The molecule has 3 heterocycles.